The number of anilines is 1. The number of nitro groups is 1. The van der Waals surface area contributed by atoms with Crippen LogP contribution in [0.25, 0.3) is 16.8 Å². The number of hydrogen-bond acceptors (Lipinski definition) is 7. The van der Waals surface area contributed by atoms with Crippen LogP contribution in [0.2, 0.25) is 0 Å². The molecule has 0 fully saturated rings. The molecule has 146 valence electrons. The second-order valence-electron chi connectivity index (χ2n) is 5.73. The number of ether oxygens (including phenoxy) is 1. The highest BCUT2D eigenvalue weighted by molar-refractivity contribution is 7.11. The van der Waals surface area contributed by atoms with E-state index in [0.29, 0.717) is 17.3 Å². The highest BCUT2D eigenvalue weighted by atomic mass is 32.1. The van der Waals surface area contributed by atoms with Crippen molar-refractivity contribution in [2.45, 2.75) is 6.92 Å². The Morgan fingerprint density at radius 3 is 2.79 bits per heavy atom. The molecule has 1 aromatic heterocycles. The van der Waals surface area contributed by atoms with Crippen molar-refractivity contribution < 1.29 is 14.1 Å². The summed E-state index contributed by atoms with van der Waals surface area (Å²) in [5, 5.41) is 25.1. The lowest BCUT2D eigenvalue weighted by Crippen LogP contribution is -1.96. The fraction of sp³-hybridized carbons (Fsp3) is 0.100. The van der Waals surface area contributed by atoms with Crippen LogP contribution in [0.1, 0.15) is 11.9 Å². The van der Waals surface area contributed by atoms with Crippen LogP contribution in [0.15, 0.2) is 54.0 Å². The van der Waals surface area contributed by atoms with Crippen molar-refractivity contribution in [1.29, 1.82) is 5.26 Å². The summed E-state index contributed by atoms with van der Waals surface area (Å²) in [6.07, 6.45) is 1.28. The Morgan fingerprint density at radius 1 is 1.38 bits per heavy atom. The van der Waals surface area contributed by atoms with Crippen LogP contribution >= 0.6 is 11.3 Å². The molecule has 9 heteroatoms. The van der Waals surface area contributed by atoms with Gasteiger partial charge in [0.1, 0.15) is 28.2 Å². The van der Waals surface area contributed by atoms with Gasteiger partial charge in [-0.25, -0.2) is 9.37 Å². The standard InChI is InChI=1S/C20H15FN4O3S/c1-2-28-16-6-3-13(4-7-16)19-12-29-20(24-19)14(10-22)11-23-18-9-15(25(26)27)5-8-17(18)21/h3-9,11-12,23H,2H2,1H3. The van der Waals surface area contributed by atoms with E-state index in [1.54, 1.807) is 0 Å². The van der Waals surface area contributed by atoms with Crippen molar-refractivity contribution in [3.8, 4) is 23.1 Å². The van der Waals surface area contributed by atoms with Gasteiger partial charge in [-0.1, -0.05) is 0 Å². The minimum Gasteiger partial charge on any atom is -0.494 e. The summed E-state index contributed by atoms with van der Waals surface area (Å²) in [5.74, 6) is 0.0887. The molecule has 0 amide bonds. The van der Waals surface area contributed by atoms with E-state index in [0.717, 1.165) is 29.5 Å². The minimum atomic E-state index is -0.668. The van der Waals surface area contributed by atoms with Crippen LogP contribution in [0.5, 0.6) is 5.75 Å². The molecule has 0 atom stereocenters. The Bertz CT molecular complexity index is 1100. The fourth-order valence-electron chi connectivity index (χ4n) is 2.45. The Morgan fingerprint density at radius 2 is 2.14 bits per heavy atom. The first kappa shape index (κ1) is 20.0. The smallest absolute Gasteiger partial charge is 0.271 e. The van der Waals surface area contributed by atoms with E-state index in [-0.39, 0.29) is 16.9 Å². The molecule has 0 aliphatic carbocycles. The molecule has 0 saturated carbocycles. The molecule has 7 nitrogen and oxygen atoms in total. The first-order valence-corrected chi connectivity index (χ1v) is 9.39. The van der Waals surface area contributed by atoms with Gasteiger partial charge in [0, 0.05) is 29.3 Å². The van der Waals surface area contributed by atoms with Gasteiger partial charge in [-0.05, 0) is 37.3 Å². The van der Waals surface area contributed by atoms with Crippen LogP contribution in [0.3, 0.4) is 0 Å². The Labute approximate surface area is 169 Å². The van der Waals surface area contributed by atoms with Gasteiger partial charge in [0.15, 0.2) is 0 Å². The largest absolute Gasteiger partial charge is 0.494 e. The second kappa shape index (κ2) is 8.95. The zero-order valence-electron chi connectivity index (χ0n) is 15.3. The maximum absolute atomic E-state index is 13.9. The zero-order chi connectivity index (χ0) is 20.8. The summed E-state index contributed by atoms with van der Waals surface area (Å²) < 4.78 is 19.3. The van der Waals surface area contributed by atoms with Crippen molar-refractivity contribution in [2.75, 3.05) is 11.9 Å². The van der Waals surface area contributed by atoms with Crippen molar-refractivity contribution in [2.24, 2.45) is 0 Å². The highest BCUT2D eigenvalue weighted by Gasteiger charge is 2.12. The van der Waals surface area contributed by atoms with E-state index in [4.69, 9.17) is 4.74 Å². The number of benzene rings is 2. The van der Waals surface area contributed by atoms with E-state index in [1.807, 2.05) is 42.6 Å². The van der Waals surface area contributed by atoms with Gasteiger partial charge in [0.25, 0.3) is 5.69 Å². The number of hydrogen-bond donors (Lipinski definition) is 1. The van der Waals surface area contributed by atoms with Crippen LogP contribution < -0.4 is 10.1 Å². The molecule has 1 N–H and O–H groups in total. The van der Waals surface area contributed by atoms with Crippen LogP contribution in [0, 0.1) is 27.3 Å². The predicted molar refractivity (Wildman–Crippen MR) is 109 cm³/mol. The summed E-state index contributed by atoms with van der Waals surface area (Å²) >= 11 is 1.26. The van der Waals surface area contributed by atoms with Crippen LogP contribution in [-0.2, 0) is 0 Å². The van der Waals surface area contributed by atoms with Crippen molar-refractivity contribution in [3.63, 3.8) is 0 Å². The lowest BCUT2D eigenvalue weighted by molar-refractivity contribution is -0.384. The molecule has 29 heavy (non-hydrogen) atoms. The van der Waals surface area contributed by atoms with Gasteiger partial charge in [-0.2, -0.15) is 5.26 Å². The van der Waals surface area contributed by atoms with E-state index < -0.39 is 10.7 Å². The average Bonchev–Trinajstić information content (AvgIpc) is 3.20. The average molecular weight is 410 g/mol. The van der Waals surface area contributed by atoms with E-state index in [2.05, 4.69) is 10.3 Å². The van der Waals surface area contributed by atoms with Crippen molar-refractivity contribution >= 4 is 28.3 Å². The molecule has 3 aromatic rings. The van der Waals surface area contributed by atoms with Crippen molar-refractivity contribution in [3.05, 3.63) is 75.0 Å². The number of allylic oxidation sites excluding steroid dienone is 1. The Hall–Kier alpha value is -3.77. The number of thiazole rings is 1. The number of non-ortho nitro benzene ring substituents is 1. The first-order chi connectivity index (χ1) is 14.0. The first-order valence-electron chi connectivity index (χ1n) is 8.51. The summed E-state index contributed by atoms with van der Waals surface area (Å²) in [5.41, 5.74) is 1.38. The normalized spacial score (nSPS) is 11.0. The highest BCUT2D eigenvalue weighted by Crippen LogP contribution is 2.28. The molecule has 0 saturated heterocycles. The molecule has 0 bridgehead atoms. The number of nitro benzene ring substituents is 1. The lowest BCUT2D eigenvalue weighted by Gasteiger charge is -2.03. The summed E-state index contributed by atoms with van der Waals surface area (Å²) in [6.45, 7) is 2.48. The molecular formula is C20H15FN4O3S. The number of nitriles is 1. The molecule has 0 aliphatic rings. The zero-order valence-corrected chi connectivity index (χ0v) is 16.1. The van der Waals surface area contributed by atoms with Gasteiger partial charge in [-0.15, -0.1) is 11.3 Å². The van der Waals surface area contributed by atoms with E-state index in [1.165, 1.54) is 17.5 Å². The van der Waals surface area contributed by atoms with Gasteiger partial charge in [-0.3, -0.25) is 10.1 Å². The maximum Gasteiger partial charge on any atom is 0.271 e. The topological polar surface area (TPSA) is 101 Å². The van der Waals surface area contributed by atoms with Gasteiger partial charge < -0.3 is 10.1 Å². The molecule has 0 spiro atoms. The fourth-order valence-corrected chi connectivity index (χ4v) is 3.24. The van der Waals surface area contributed by atoms with Gasteiger partial charge in [0.05, 0.1) is 22.9 Å². The molecule has 0 aliphatic heterocycles. The third-order valence-electron chi connectivity index (χ3n) is 3.85. The molecular weight excluding hydrogens is 395 g/mol. The molecule has 1 heterocycles. The maximum atomic E-state index is 13.9. The van der Waals surface area contributed by atoms with E-state index >= 15 is 0 Å². The van der Waals surface area contributed by atoms with Crippen molar-refractivity contribution in [1.82, 2.24) is 4.98 Å². The molecule has 0 radical (unpaired) electrons. The summed E-state index contributed by atoms with van der Waals surface area (Å²) in [7, 11) is 0. The van der Waals surface area contributed by atoms with Gasteiger partial charge in [0.2, 0.25) is 0 Å². The summed E-state index contributed by atoms with van der Waals surface area (Å²) in [6, 6.07) is 12.6. The number of halogens is 1. The second-order valence-corrected chi connectivity index (χ2v) is 6.59. The summed E-state index contributed by atoms with van der Waals surface area (Å²) in [4.78, 5) is 14.7. The quantitative estimate of drug-likeness (QED) is 0.325. The number of nitrogens with zero attached hydrogens (tertiary/aromatic N) is 3. The Kier molecular flexibility index (Phi) is 6.16. The monoisotopic (exact) mass is 410 g/mol. The third-order valence-corrected chi connectivity index (χ3v) is 4.72. The predicted octanol–water partition coefficient (Wildman–Crippen LogP) is 5.23. The Balaban J connectivity index is 1.81. The number of nitrogens with one attached hydrogen (secondary N) is 1. The molecule has 0 unspecified atom stereocenters. The number of rotatable bonds is 7. The van der Waals surface area contributed by atoms with E-state index in [9.17, 15) is 19.8 Å². The molecule has 3 rings (SSSR count). The SMILES string of the molecule is CCOc1ccc(-c2csc(C(C#N)=CNc3cc([N+](=O)[O-])ccc3F)n2)cc1. The minimum absolute atomic E-state index is 0.102. The lowest BCUT2D eigenvalue weighted by atomic mass is 10.2. The van der Waals surface area contributed by atoms with Gasteiger partial charge >= 0.3 is 0 Å². The number of aromatic nitrogens is 1. The van der Waals surface area contributed by atoms with Crippen LogP contribution in [-0.4, -0.2) is 16.5 Å². The molecule has 2 aromatic carbocycles. The van der Waals surface area contributed by atoms with Crippen LogP contribution in [0.4, 0.5) is 15.8 Å². The third kappa shape index (κ3) is 4.75.